The van der Waals surface area contributed by atoms with Gasteiger partial charge in [0, 0.05) is 6.54 Å². The van der Waals surface area contributed by atoms with Gasteiger partial charge in [-0.2, -0.15) is 0 Å². The van der Waals surface area contributed by atoms with Gasteiger partial charge in [-0.15, -0.1) is 0 Å². The first-order valence-corrected chi connectivity index (χ1v) is 1.51. The Morgan fingerprint density at radius 1 is 1.83 bits per heavy atom. The second kappa shape index (κ2) is 2.50. The highest BCUT2D eigenvalue weighted by atomic mass is 16.4. The first-order valence-electron chi connectivity index (χ1n) is 1.51. The van der Waals surface area contributed by atoms with Gasteiger partial charge >= 0.3 is 6.09 Å². The molecule has 34 valence electrons. The topological polar surface area (TPSA) is 49.0 Å². The predicted octanol–water partition coefficient (Wildman–Crippen LogP) is -0.0394. The molecule has 6 heavy (non-hydrogen) atoms. The van der Waals surface area contributed by atoms with Crippen LogP contribution < -0.4 is 5.32 Å². The Kier molecular flexibility index (Phi) is 2.20. The maximum absolute atomic E-state index is 9.34. The van der Waals surface area contributed by atoms with Crippen LogP contribution in [0, 0.1) is 6.92 Å². The number of rotatable bonds is 1. The van der Waals surface area contributed by atoms with Crippen molar-refractivity contribution >= 4 is 6.09 Å². The molecule has 0 atom stereocenters. The van der Waals surface area contributed by atoms with Crippen molar-refractivity contribution in [3.8, 4) is 0 Å². The van der Waals surface area contributed by atoms with Gasteiger partial charge in [-0.3, -0.25) is 0 Å². The van der Waals surface area contributed by atoms with E-state index in [1.54, 1.807) is 0 Å². The zero-order valence-corrected chi connectivity index (χ0v) is 3.23. The van der Waals surface area contributed by atoms with Gasteiger partial charge in [0.2, 0.25) is 0 Å². The van der Waals surface area contributed by atoms with E-state index in [9.17, 15) is 9.90 Å². The third-order valence-electron chi connectivity index (χ3n) is 0.269. The third-order valence-corrected chi connectivity index (χ3v) is 0.269. The smallest absolute Gasteiger partial charge is 0.318 e. The zero-order chi connectivity index (χ0) is 4.99. The largest absolute Gasteiger partial charge is 0.450 e. The summed E-state index contributed by atoms with van der Waals surface area (Å²) in [5, 5.41) is 11.2. The summed E-state index contributed by atoms with van der Waals surface area (Å²) in [6.45, 7) is 3.36. The van der Waals surface area contributed by atoms with E-state index in [0.717, 1.165) is 0 Å². The predicted molar refractivity (Wildman–Crippen MR) is 19.4 cm³/mol. The van der Waals surface area contributed by atoms with Crippen LogP contribution in [0.25, 0.3) is 0 Å². The molecular weight excluding hydrogens is 82.0 g/mol. The lowest BCUT2D eigenvalue weighted by Crippen LogP contribution is -2.18. The fraction of sp³-hybridized carbons (Fsp3) is 0.333. The minimum Gasteiger partial charge on any atom is -0.318 e. The second-order valence-corrected chi connectivity index (χ2v) is 0.714. The van der Waals surface area contributed by atoms with Crippen molar-refractivity contribution < 1.29 is 9.90 Å². The van der Waals surface area contributed by atoms with E-state index >= 15 is 0 Å². The van der Waals surface area contributed by atoms with E-state index in [2.05, 4.69) is 6.92 Å². The van der Waals surface area contributed by atoms with Crippen molar-refractivity contribution in [2.45, 2.75) is 0 Å². The van der Waals surface area contributed by atoms with Gasteiger partial charge in [-0.1, -0.05) is 0 Å². The van der Waals surface area contributed by atoms with Crippen LogP contribution in [-0.2, 0) is 5.11 Å². The first kappa shape index (κ1) is 5.27. The maximum atomic E-state index is 9.34. The molecule has 0 fully saturated rings. The molecule has 3 nitrogen and oxygen atoms in total. The van der Waals surface area contributed by atoms with Crippen molar-refractivity contribution in [1.29, 1.82) is 0 Å². The summed E-state index contributed by atoms with van der Waals surface area (Å²) in [5.41, 5.74) is 0. The summed E-state index contributed by atoms with van der Waals surface area (Å²) >= 11 is 0. The summed E-state index contributed by atoms with van der Waals surface area (Å²) in [6, 6.07) is 0. The lowest BCUT2D eigenvalue weighted by atomic mass is 10.8. The number of carbonyl (C=O) groups excluding carboxylic acids is 1. The molecule has 0 aromatic carbocycles. The maximum Gasteiger partial charge on any atom is 0.450 e. The molecule has 0 rings (SSSR count). The molecule has 0 bridgehead atoms. The Balaban J connectivity index is 2.83. The normalized spacial score (nSPS) is 7.50. The number of nitrogens with one attached hydrogen (secondary N) is 1. The molecule has 3 heteroatoms. The molecule has 0 aliphatic rings. The number of hydrogen-bond donors (Lipinski definition) is 1. The minimum absolute atomic E-state index is 0.169. The second-order valence-electron chi connectivity index (χ2n) is 0.714. The fourth-order valence-corrected chi connectivity index (χ4v) is 0.102. The lowest BCUT2D eigenvalue weighted by Gasteiger charge is -1.83. The van der Waals surface area contributed by atoms with Crippen LogP contribution in [0.4, 0.5) is 4.79 Å². The van der Waals surface area contributed by atoms with Crippen LogP contribution in [0.2, 0.25) is 0 Å². The molecule has 0 aliphatic heterocycles. The molecule has 0 aromatic rings. The Hall–Kier alpha value is -0.730. The van der Waals surface area contributed by atoms with Crippen LogP contribution in [0.15, 0.2) is 0 Å². The molecule has 0 heterocycles. The Labute approximate surface area is 36.0 Å². The zero-order valence-electron chi connectivity index (χ0n) is 3.23. The molecule has 0 aromatic heterocycles. The van der Waals surface area contributed by atoms with Crippen LogP contribution in [0.1, 0.15) is 0 Å². The van der Waals surface area contributed by atoms with E-state index in [0.29, 0.717) is 0 Å². The van der Waals surface area contributed by atoms with Gasteiger partial charge in [-0.25, -0.2) is 9.90 Å². The minimum atomic E-state index is -1.27. The molecular formula is C3H5NO2. The van der Waals surface area contributed by atoms with Crippen molar-refractivity contribution in [3.05, 3.63) is 6.92 Å². The summed E-state index contributed by atoms with van der Waals surface area (Å²) in [7, 11) is 0. The standard InChI is InChI=1S/C3H5NO2/c1-2-4-3(5)6/h4H,1-2H2. The van der Waals surface area contributed by atoms with Gasteiger partial charge in [0.05, 0.1) is 0 Å². The van der Waals surface area contributed by atoms with Crippen molar-refractivity contribution in [3.63, 3.8) is 0 Å². The quantitative estimate of drug-likeness (QED) is 0.479. The molecule has 0 saturated heterocycles. The van der Waals surface area contributed by atoms with E-state index < -0.39 is 6.09 Å². The van der Waals surface area contributed by atoms with Crippen molar-refractivity contribution in [1.82, 2.24) is 5.32 Å². The number of carbonyl (C=O) groups is 1. The van der Waals surface area contributed by atoms with Gasteiger partial charge in [0.15, 0.2) is 0 Å². The fourth-order valence-electron chi connectivity index (χ4n) is 0.102. The number of amides is 1. The lowest BCUT2D eigenvalue weighted by molar-refractivity contribution is 0.170. The summed E-state index contributed by atoms with van der Waals surface area (Å²) in [5.74, 6) is 0. The van der Waals surface area contributed by atoms with Crippen LogP contribution in [0.5, 0.6) is 0 Å². The van der Waals surface area contributed by atoms with Crippen LogP contribution in [0.3, 0.4) is 0 Å². The molecule has 1 amide bonds. The van der Waals surface area contributed by atoms with E-state index in [1.165, 1.54) is 0 Å². The Bertz CT molecular complexity index is 52.8. The highest BCUT2D eigenvalue weighted by molar-refractivity contribution is 5.63. The molecule has 0 aliphatic carbocycles. The van der Waals surface area contributed by atoms with Gasteiger partial charge in [-0.05, 0) is 6.92 Å². The van der Waals surface area contributed by atoms with Crippen molar-refractivity contribution in [2.24, 2.45) is 0 Å². The van der Waals surface area contributed by atoms with Crippen LogP contribution >= 0.6 is 0 Å². The Morgan fingerprint density at radius 2 is 2.33 bits per heavy atom. The Morgan fingerprint density at radius 3 is 2.33 bits per heavy atom. The average Bonchev–Trinajstić information content (AvgIpc) is 1.35. The summed E-state index contributed by atoms with van der Waals surface area (Å²) in [6.07, 6.45) is -1.27. The first-order chi connectivity index (χ1) is 2.77. The SMILES string of the molecule is [CH2]CNC([O])=O. The summed E-state index contributed by atoms with van der Waals surface area (Å²) < 4.78 is 0. The molecule has 2 radical (unpaired) electrons. The summed E-state index contributed by atoms with van der Waals surface area (Å²) in [4.78, 5) is 9.34. The van der Waals surface area contributed by atoms with Crippen LogP contribution in [-0.4, -0.2) is 12.6 Å². The van der Waals surface area contributed by atoms with Crippen molar-refractivity contribution in [2.75, 3.05) is 6.54 Å². The van der Waals surface area contributed by atoms with Gasteiger partial charge in [0.1, 0.15) is 0 Å². The van der Waals surface area contributed by atoms with Gasteiger partial charge < -0.3 is 5.32 Å². The third kappa shape index (κ3) is 3.27. The van der Waals surface area contributed by atoms with E-state index in [4.69, 9.17) is 0 Å². The van der Waals surface area contributed by atoms with Gasteiger partial charge in [0.25, 0.3) is 0 Å². The molecule has 0 unspecified atom stereocenters. The molecule has 0 spiro atoms. The van der Waals surface area contributed by atoms with E-state index in [-0.39, 0.29) is 6.54 Å². The highest BCUT2D eigenvalue weighted by Gasteiger charge is 1.87. The molecule has 0 saturated carbocycles. The highest BCUT2D eigenvalue weighted by Crippen LogP contribution is 1.55. The molecule has 1 N–H and O–H groups in total. The average molecular weight is 87.1 g/mol. The number of hydrogen-bond acceptors (Lipinski definition) is 1. The monoisotopic (exact) mass is 87.0 g/mol. The van der Waals surface area contributed by atoms with E-state index in [1.807, 2.05) is 5.32 Å².